The van der Waals surface area contributed by atoms with E-state index >= 15 is 0 Å². The van der Waals surface area contributed by atoms with Crippen molar-refractivity contribution in [3.63, 3.8) is 0 Å². The van der Waals surface area contributed by atoms with E-state index in [1.54, 1.807) is 29.3 Å². The Morgan fingerprint density at radius 3 is 2.78 bits per heavy atom. The lowest BCUT2D eigenvalue weighted by Gasteiger charge is -2.24. The Hall–Kier alpha value is -3.09. The fraction of sp³-hybridized carbons (Fsp3) is 0.250. The Bertz CT molecular complexity index is 951. The molecule has 27 heavy (non-hydrogen) atoms. The van der Waals surface area contributed by atoms with Crippen LogP contribution in [0.3, 0.4) is 0 Å². The number of fused-ring (bicyclic) bond motifs is 1. The second-order valence-electron chi connectivity index (χ2n) is 6.64. The highest BCUT2D eigenvalue weighted by Gasteiger charge is 2.26. The lowest BCUT2D eigenvalue weighted by Crippen LogP contribution is -2.32. The van der Waals surface area contributed by atoms with Gasteiger partial charge in [-0.2, -0.15) is 5.10 Å². The maximum absolute atomic E-state index is 13.6. The van der Waals surface area contributed by atoms with Crippen molar-refractivity contribution in [2.24, 2.45) is 0 Å². The van der Waals surface area contributed by atoms with Crippen LogP contribution in [0.5, 0.6) is 0 Å². The maximum atomic E-state index is 13.6. The van der Waals surface area contributed by atoms with Crippen LogP contribution in [0.15, 0.2) is 48.9 Å². The molecule has 0 bridgehead atoms. The highest BCUT2D eigenvalue weighted by molar-refractivity contribution is 5.79. The zero-order valence-electron chi connectivity index (χ0n) is 14.5. The Morgan fingerprint density at radius 1 is 1.22 bits per heavy atom. The molecule has 3 aromatic rings. The van der Waals surface area contributed by atoms with Crippen LogP contribution >= 0.6 is 0 Å². The van der Waals surface area contributed by atoms with Gasteiger partial charge in [0, 0.05) is 29.7 Å². The lowest BCUT2D eigenvalue weighted by atomic mass is 9.92. The highest BCUT2D eigenvalue weighted by Crippen LogP contribution is 2.31. The van der Waals surface area contributed by atoms with E-state index in [2.05, 4.69) is 15.4 Å². The number of carbonyl (C=O) groups excluding carboxylic acids is 1. The minimum atomic E-state index is -0.647. The van der Waals surface area contributed by atoms with E-state index in [9.17, 15) is 13.6 Å². The second kappa shape index (κ2) is 7.26. The topological polar surface area (TPSA) is 59.8 Å². The Morgan fingerprint density at radius 2 is 2.04 bits per heavy atom. The molecule has 1 atom stereocenters. The molecule has 1 amide bonds. The third kappa shape index (κ3) is 3.72. The third-order valence-corrected chi connectivity index (χ3v) is 4.70. The molecule has 0 aliphatic heterocycles. The predicted molar refractivity (Wildman–Crippen MR) is 95.2 cm³/mol. The van der Waals surface area contributed by atoms with Crippen LogP contribution in [0.25, 0.3) is 5.69 Å². The largest absolute Gasteiger partial charge is 0.349 e. The van der Waals surface area contributed by atoms with Crippen molar-refractivity contribution in [3.8, 4) is 5.69 Å². The number of hydrogen-bond acceptors (Lipinski definition) is 3. The summed E-state index contributed by atoms with van der Waals surface area (Å²) < 4.78 is 28.7. The number of pyridine rings is 1. The van der Waals surface area contributed by atoms with Gasteiger partial charge in [0.15, 0.2) is 0 Å². The zero-order chi connectivity index (χ0) is 18.8. The molecular weight excluding hydrogens is 350 g/mol. The second-order valence-corrected chi connectivity index (χ2v) is 6.64. The van der Waals surface area contributed by atoms with Gasteiger partial charge in [-0.3, -0.25) is 9.78 Å². The molecule has 1 aliphatic carbocycles. The molecule has 0 saturated carbocycles. The van der Waals surface area contributed by atoms with Crippen LogP contribution in [-0.2, 0) is 17.6 Å². The molecule has 2 heterocycles. The van der Waals surface area contributed by atoms with E-state index in [1.165, 1.54) is 12.1 Å². The smallest absolute Gasteiger partial charge is 0.224 e. The molecule has 0 saturated heterocycles. The number of nitrogens with zero attached hydrogens (tertiary/aromatic N) is 3. The average molecular weight is 368 g/mol. The van der Waals surface area contributed by atoms with Crippen LogP contribution < -0.4 is 5.32 Å². The van der Waals surface area contributed by atoms with Crippen molar-refractivity contribution >= 4 is 5.91 Å². The van der Waals surface area contributed by atoms with E-state index in [-0.39, 0.29) is 18.4 Å². The summed E-state index contributed by atoms with van der Waals surface area (Å²) in [5.74, 6) is -1.39. The molecule has 0 radical (unpaired) electrons. The SMILES string of the molecule is O=C(Cc1cccnc1)NC1CCCc2c1cnn2-c1cc(F)cc(F)c1. The van der Waals surface area contributed by atoms with Crippen molar-refractivity contribution in [1.82, 2.24) is 20.1 Å². The van der Waals surface area contributed by atoms with Crippen molar-refractivity contribution in [1.29, 1.82) is 0 Å². The van der Waals surface area contributed by atoms with E-state index in [4.69, 9.17) is 0 Å². The van der Waals surface area contributed by atoms with Crippen LogP contribution in [-0.4, -0.2) is 20.7 Å². The van der Waals surface area contributed by atoms with Gasteiger partial charge in [-0.05, 0) is 43.0 Å². The van der Waals surface area contributed by atoms with Gasteiger partial charge in [-0.25, -0.2) is 13.5 Å². The number of hydrogen-bond donors (Lipinski definition) is 1. The molecule has 2 aromatic heterocycles. The standard InChI is InChI=1S/C20H18F2N4O/c21-14-8-15(22)10-16(9-14)26-19-5-1-4-18(17(19)12-24-26)25-20(27)7-13-3-2-6-23-11-13/h2-3,6,8-12,18H,1,4-5,7H2,(H,25,27). The molecule has 0 spiro atoms. The number of carbonyl (C=O) groups is 1. The van der Waals surface area contributed by atoms with Gasteiger partial charge >= 0.3 is 0 Å². The minimum absolute atomic E-state index is 0.0922. The minimum Gasteiger partial charge on any atom is -0.349 e. The molecule has 0 fully saturated rings. The summed E-state index contributed by atoms with van der Waals surface area (Å²) in [5, 5.41) is 7.36. The van der Waals surface area contributed by atoms with Crippen LogP contribution in [0.4, 0.5) is 8.78 Å². The van der Waals surface area contributed by atoms with Gasteiger partial charge in [0.05, 0.1) is 24.3 Å². The number of rotatable bonds is 4. The normalized spacial score (nSPS) is 16.0. The monoisotopic (exact) mass is 368 g/mol. The van der Waals surface area contributed by atoms with Gasteiger partial charge in [-0.15, -0.1) is 0 Å². The van der Waals surface area contributed by atoms with Gasteiger partial charge < -0.3 is 5.32 Å². The summed E-state index contributed by atoms with van der Waals surface area (Å²) in [4.78, 5) is 16.4. The Kier molecular flexibility index (Phi) is 4.66. The highest BCUT2D eigenvalue weighted by atomic mass is 19.1. The van der Waals surface area contributed by atoms with Gasteiger partial charge in [0.1, 0.15) is 11.6 Å². The maximum Gasteiger partial charge on any atom is 0.224 e. The average Bonchev–Trinajstić information content (AvgIpc) is 3.07. The summed E-state index contributed by atoms with van der Waals surface area (Å²) in [6.07, 6.45) is 7.65. The Labute approximate surface area is 155 Å². The lowest BCUT2D eigenvalue weighted by molar-refractivity contribution is -0.121. The molecular formula is C20H18F2N4O. The first-order chi connectivity index (χ1) is 13.1. The molecule has 5 nitrogen and oxygen atoms in total. The summed E-state index contributed by atoms with van der Waals surface area (Å²) in [5.41, 5.74) is 2.96. The fourth-order valence-electron chi connectivity index (χ4n) is 3.52. The van der Waals surface area contributed by atoms with Gasteiger partial charge in [0.25, 0.3) is 0 Å². The number of aromatic nitrogens is 3. The molecule has 7 heteroatoms. The third-order valence-electron chi connectivity index (χ3n) is 4.70. The first-order valence-corrected chi connectivity index (χ1v) is 8.81. The summed E-state index contributed by atoms with van der Waals surface area (Å²) in [6, 6.07) is 6.83. The summed E-state index contributed by atoms with van der Waals surface area (Å²) in [7, 11) is 0. The first kappa shape index (κ1) is 17.3. The number of halogens is 2. The quantitative estimate of drug-likeness (QED) is 0.769. The van der Waals surface area contributed by atoms with Crippen LogP contribution in [0.1, 0.15) is 35.7 Å². The molecule has 1 N–H and O–H groups in total. The van der Waals surface area contributed by atoms with Crippen molar-refractivity contribution in [2.75, 3.05) is 0 Å². The first-order valence-electron chi connectivity index (χ1n) is 8.81. The van der Waals surface area contributed by atoms with Crippen molar-refractivity contribution in [2.45, 2.75) is 31.7 Å². The fourth-order valence-corrected chi connectivity index (χ4v) is 3.52. The van der Waals surface area contributed by atoms with Crippen molar-refractivity contribution < 1.29 is 13.6 Å². The summed E-state index contributed by atoms with van der Waals surface area (Å²) >= 11 is 0. The van der Waals surface area contributed by atoms with Gasteiger partial charge in [-0.1, -0.05) is 6.07 Å². The van der Waals surface area contributed by atoms with E-state index in [0.29, 0.717) is 5.69 Å². The van der Waals surface area contributed by atoms with Crippen molar-refractivity contribution in [3.05, 3.63) is 77.4 Å². The number of amides is 1. The van der Waals surface area contributed by atoms with Crippen LogP contribution in [0, 0.1) is 11.6 Å². The van der Waals surface area contributed by atoms with Crippen LogP contribution in [0.2, 0.25) is 0 Å². The zero-order valence-corrected chi connectivity index (χ0v) is 14.5. The molecule has 138 valence electrons. The molecule has 4 rings (SSSR count). The number of benzene rings is 1. The van der Waals surface area contributed by atoms with E-state index < -0.39 is 11.6 Å². The predicted octanol–water partition coefficient (Wildman–Crippen LogP) is 3.28. The van der Waals surface area contributed by atoms with E-state index in [1.807, 2.05) is 6.07 Å². The number of nitrogens with one attached hydrogen (secondary N) is 1. The van der Waals surface area contributed by atoms with E-state index in [0.717, 1.165) is 42.1 Å². The molecule has 1 aromatic carbocycles. The molecule has 1 unspecified atom stereocenters. The van der Waals surface area contributed by atoms with Gasteiger partial charge in [0.2, 0.25) is 5.91 Å². The Balaban J connectivity index is 1.56. The summed E-state index contributed by atoms with van der Waals surface area (Å²) in [6.45, 7) is 0. The molecule has 1 aliphatic rings.